The number of halogens is 3. The molecule has 0 aromatic carbocycles. The normalized spacial score (nSPS) is 15.2. The summed E-state index contributed by atoms with van der Waals surface area (Å²) in [7, 11) is 0. The van der Waals surface area contributed by atoms with Gasteiger partial charge in [0.1, 0.15) is 6.21 Å². The maximum atomic E-state index is 13.8. The Balaban J connectivity index is 5.14. The number of carboxylic acid groups (broad SMARTS) is 1. The minimum absolute atomic E-state index is 0.0826. The van der Waals surface area contributed by atoms with Crippen LogP contribution in [0.4, 0.5) is 13.2 Å². The first-order valence-electron chi connectivity index (χ1n) is 5.43. The fourth-order valence-electron chi connectivity index (χ4n) is 1.12. The summed E-state index contributed by atoms with van der Waals surface area (Å²) in [6, 6.07) is 0. The minimum Gasteiger partial charge on any atom is -0.477 e. The van der Waals surface area contributed by atoms with Crippen molar-refractivity contribution in [1.82, 2.24) is 0 Å². The van der Waals surface area contributed by atoms with Crippen LogP contribution < -0.4 is 5.73 Å². The van der Waals surface area contributed by atoms with E-state index < -0.39 is 30.1 Å². The van der Waals surface area contributed by atoms with E-state index >= 15 is 0 Å². The number of carbonyl (C=O) groups is 2. The lowest BCUT2D eigenvalue weighted by Gasteiger charge is -2.25. The fourth-order valence-corrected chi connectivity index (χ4v) is 1.12. The van der Waals surface area contributed by atoms with Crippen LogP contribution in [0.3, 0.4) is 0 Å². The summed E-state index contributed by atoms with van der Waals surface area (Å²) >= 11 is 0. The van der Waals surface area contributed by atoms with Gasteiger partial charge in [0.2, 0.25) is 0 Å². The second kappa shape index (κ2) is 7.07. The standard InChI is InChI=1S/C10H15F3N2O4/c1-2-19-7(16)6-15-10(13,8(17)18)9(11,12)4-3-5-14/h6H,2-5,14H2,1H3,(H,17,18)/t10-/m1/s1. The average Bonchev–Trinajstić information content (AvgIpc) is 2.33. The SMILES string of the molecule is CCOC(=O)C=N[C@](F)(C(=O)O)C(F)(F)CCCN. The molecule has 0 aromatic rings. The van der Waals surface area contributed by atoms with Crippen molar-refractivity contribution in [2.75, 3.05) is 13.2 Å². The summed E-state index contributed by atoms with van der Waals surface area (Å²) in [4.78, 5) is 24.0. The van der Waals surface area contributed by atoms with Gasteiger partial charge in [-0.3, -0.25) is 0 Å². The molecule has 0 unspecified atom stereocenters. The minimum atomic E-state index is -4.29. The van der Waals surface area contributed by atoms with Crippen molar-refractivity contribution in [2.24, 2.45) is 10.7 Å². The van der Waals surface area contributed by atoms with Gasteiger partial charge in [0, 0.05) is 6.42 Å². The van der Waals surface area contributed by atoms with E-state index in [0.29, 0.717) is 0 Å². The number of hydrogen-bond donors (Lipinski definition) is 2. The van der Waals surface area contributed by atoms with Crippen LogP contribution in [0.15, 0.2) is 4.99 Å². The number of rotatable bonds is 8. The largest absolute Gasteiger partial charge is 0.477 e. The molecule has 0 bridgehead atoms. The van der Waals surface area contributed by atoms with Crippen LogP contribution >= 0.6 is 0 Å². The van der Waals surface area contributed by atoms with Crippen LogP contribution in [-0.4, -0.2) is 48.1 Å². The fraction of sp³-hybridized carbons (Fsp3) is 0.700. The van der Waals surface area contributed by atoms with Crippen molar-refractivity contribution >= 4 is 18.2 Å². The average molecular weight is 284 g/mol. The second-order valence-corrected chi connectivity index (χ2v) is 3.53. The molecular formula is C10H15F3N2O4. The Morgan fingerprint density at radius 1 is 1.42 bits per heavy atom. The lowest BCUT2D eigenvalue weighted by atomic mass is 10.0. The number of carboxylic acids is 1. The Morgan fingerprint density at radius 3 is 2.42 bits per heavy atom. The van der Waals surface area contributed by atoms with E-state index in [4.69, 9.17) is 10.8 Å². The van der Waals surface area contributed by atoms with E-state index in [1.165, 1.54) is 6.92 Å². The summed E-state index contributed by atoms with van der Waals surface area (Å²) in [5.41, 5.74) is 5.00. The van der Waals surface area contributed by atoms with Gasteiger partial charge in [-0.2, -0.15) is 4.39 Å². The zero-order chi connectivity index (χ0) is 15.1. The molecule has 6 nitrogen and oxygen atoms in total. The molecule has 0 fully saturated rings. The third kappa shape index (κ3) is 4.51. The highest BCUT2D eigenvalue weighted by molar-refractivity contribution is 6.23. The van der Waals surface area contributed by atoms with Crippen LogP contribution in [0.25, 0.3) is 0 Å². The number of carbonyl (C=O) groups excluding carboxylic acids is 1. The van der Waals surface area contributed by atoms with Gasteiger partial charge in [-0.15, -0.1) is 0 Å². The van der Waals surface area contributed by atoms with Gasteiger partial charge in [0.05, 0.1) is 6.61 Å². The Labute approximate surface area is 107 Å². The molecule has 0 saturated carbocycles. The van der Waals surface area contributed by atoms with Crippen LogP contribution in [0.1, 0.15) is 19.8 Å². The summed E-state index contributed by atoms with van der Waals surface area (Å²) in [5, 5.41) is 8.56. The van der Waals surface area contributed by atoms with Gasteiger partial charge in [-0.1, -0.05) is 0 Å². The molecular weight excluding hydrogens is 269 g/mol. The van der Waals surface area contributed by atoms with E-state index in [1.807, 2.05) is 0 Å². The number of ether oxygens (including phenoxy) is 1. The molecule has 0 spiro atoms. The number of alkyl halides is 3. The Bertz CT molecular complexity index is 363. The lowest BCUT2D eigenvalue weighted by Crippen LogP contribution is -2.49. The highest BCUT2D eigenvalue weighted by Gasteiger charge is 2.60. The van der Waals surface area contributed by atoms with Crippen molar-refractivity contribution in [2.45, 2.75) is 31.5 Å². The monoisotopic (exact) mass is 284 g/mol. The number of aliphatic imine (C=N–C) groups is 1. The predicted octanol–water partition coefficient (Wildman–Crippen LogP) is 0.745. The molecule has 0 radical (unpaired) electrons. The van der Waals surface area contributed by atoms with Crippen molar-refractivity contribution in [3.63, 3.8) is 0 Å². The van der Waals surface area contributed by atoms with Crippen LogP contribution in [0.5, 0.6) is 0 Å². The molecule has 110 valence electrons. The summed E-state index contributed by atoms with van der Waals surface area (Å²) in [6.07, 6.45) is -1.30. The van der Waals surface area contributed by atoms with Crippen molar-refractivity contribution in [1.29, 1.82) is 0 Å². The van der Waals surface area contributed by atoms with E-state index in [2.05, 4.69) is 9.73 Å². The van der Waals surface area contributed by atoms with Gasteiger partial charge < -0.3 is 15.6 Å². The molecule has 0 amide bonds. The zero-order valence-electron chi connectivity index (χ0n) is 10.2. The van der Waals surface area contributed by atoms with Crippen LogP contribution in [0, 0.1) is 0 Å². The molecule has 0 rings (SSSR count). The molecule has 0 heterocycles. The van der Waals surface area contributed by atoms with Gasteiger partial charge in [0.15, 0.2) is 0 Å². The number of esters is 1. The maximum Gasteiger partial charge on any atom is 0.371 e. The molecule has 1 atom stereocenters. The Morgan fingerprint density at radius 2 is 2.00 bits per heavy atom. The molecule has 0 aliphatic heterocycles. The summed E-state index contributed by atoms with van der Waals surface area (Å²) < 4.78 is 45.1. The molecule has 3 N–H and O–H groups in total. The van der Waals surface area contributed by atoms with Crippen LogP contribution in [0.2, 0.25) is 0 Å². The highest BCUT2D eigenvalue weighted by atomic mass is 19.3. The van der Waals surface area contributed by atoms with Gasteiger partial charge in [-0.25, -0.2) is 23.4 Å². The number of hydrogen-bond acceptors (Lipinski definition) is 5. The molecule has 0 aromatic heterocycles. The Kier molecular flexibility index (Phi) is 6.46. The molecule has 19 heavy (non-hydrogen) atoms. The van der Waals surface area contributed by atoms with Gasteiger partial charge in [-0.05, 0) is 19.9 Å². The highest BCUT2D eigenvalue weighted by Crippen LogP contribution is 2.37. The summed E-state index contributed by atoms with van der Waals surface area (Å²) in [6.45, 7) is 1.19. The van der Waals surface area contributed by atoms with E-state index in [9.17, 15) is 22.8 Å². The maximum absolute atomic E-state index is 13.8. The number of nitrogens with zero attached hydrogens (tertiary/aromatic N) is 1. The third-order valence-electron chi connectivity index (χ3n) is 2.10. The van der Waals surface area contributed by atoms with E-state index in [1.54, 1.807) is 0 Å². The third-order valence-corrected chi connectivity index (χ3v) is 2.10. The molecule has 0 aliphatic carbocycles. The van der Waals surface area contributed by atoms with E-state index in [0.717, 1.165) is 0 Å². The van der Waals surface area contributed by atoms with Crippen LogP contribution in [-0.2, 0) is 14.3 Å². The lowest BCUT2D eigenvalue weighted by molar-refractivity contribution is -0.184. The first kappa shape index (κ1) is 17.4. The molecule has 9 heteroatoms. The Hall–Kier alpha value is -1.64. The topological polar surface area (TPSA) is 102 Å². The molecule has 0 saturated heterocycles. The van der Waals surface area contributed by atoms with Crippen molar-refractivity contribution in [3.8, 4) is 0 Å². The first-order valence-corrected chi connectivity index (χ1v) is 5.43. The quantitative estimate of drug-likeness (QED) is 0.389. The van der Waals surface area contributed by atoms with Crippen molar-refractivity contribution < 1.29 is 32.6 Å². The first-order chi connectivity index (χ1) is 8.71. The number of nitrogens with two attached hydrogens (primary N) is 1. The second-order valence-electron chi connectivity index (χ2n) is 3.53. The smallest absolute Gasteiger partial charge is 0.371 e. The van der Waals surface area contributed by atoms with Crippen molar-refractivity contribution in [3.05, 3.63) is 0 Å². The summed E-state index contributed by atoms with van der Waals surface area (Å²) in [5.74, 6) is -12.2. The molecule has 0 aliphatic rings. The van der Waals surface area contributed by atoms with Gasteiger partial charge in [0.25, 0.3) is 0 Å². The van der Waals surface area contributed by atoms with Gasteiger partial charge >= 0.3 is 23.7 Å². The predicted molar refractivity (Wildman–Crippen MR) is 59.8 cm³/mol. The zero-order valence-corrected chi connectivity index (χ0v) is 10.2. The number of aliphatic carboxylic acids is 1. The van der Waals surface area contributed by atoms with E-state index in [-0.39, 0.29) is 25.8 Å².